The van der Waals surface area contributed by atoms with Crippen LogP contribution in [0.15, 0.2) is 78.1 Å². The van der Waals surface area contributed by atoms with Crippen LogP contribution in [0.4, 0.5) is 15.8 Å². The number of amides is 1. The van der Waals surface area contributed by atoms with Crippen molar-refractivity contribution in [1.82, 2.24) is 9.62 Å². The summed E-state index contributed by atoms with van der Waals surface area (Å²) in [4.78, 5) is 18.4. The molecule has 2 aliphatic heterocycles. The van der Waals surface area contributed by atoms with Crippen molar-refractivity contribution in [3.63, 3.8) is 0 Å². The Balaban J connectivity index is 1.54. The van der Waals surface area contributed by atoms with E-state index in [1.54, 1.807) is 31.4 Å². The maximum Gasteiger partial charge on any atom is 0.247 e. The first-order valence-corrected chi connectivity index (χ1v) is 17.7. The predicted octanol–water partition coefficient (Wildman–Crippen LogP) is 6.84. The maximum absolute atomic E-state index is 15.6. The van der Waals surface area contributed by atoms with E-state index in [0.717, 1.165) is 23.5 Å². The summed E-state index contributed by atoms with van der Waals surface area (Å²) in [5.74, 6) is 0.181. The highest BCUT2D eigenvalue weighted by Crippen LogP contribution is 2.50. The smallest absolute Gasteiger partial charge is 0.247 e. The van der Waals surface area contributed by atoms with E-state index in [2.05, 4.69) is 25.9 Å². The quantitative estimate of drug-likeness (QED) is 0.294. The molecule has 1 saturated heterocycles. The number of benzene rings is 3. The van der Waals surface area contributed by atoms with Gasteiger partial charge >= 0.3 is 0 Å². The number of carbonyl (C=O) groups is 1. The van der Waals surface area contributed by atoms with E-state index in [4.69, 9.17) is 16.3 Å². The van der Waals surface area contributed by atoms with Crippen molar-refractivity contribution in [3.8, 4) is 6.07 Å². The standard InChI is InChI=1S/C37H41ClFN5O3S/c1-36(2,3)48(46)42-37(25-8-6-7-23(17-25)21-40)16-15-24-18-30(24)35(43(4)28-12-10-27(38)11-13-28)44-22-29(47-5)20-33(44)34(45)41-32-19-26(37)9-14-31(32)39/h6-14,17,19,24,29,33,42H,15-16,18,20,22H2,1-5H3,(H,41,45)/b35-30-/t24?,29-,33-,37?,48+/m1/s1. The summed E-state index contributed by atoms with van der Waals surface area (Å²) in [5.41, 5.74) is 2.93. The molecule has 2 bridgehead atoms. The van der Waals surface area contributed by atoms with Crippen LogP contribution in [0.3, 0.4) is 0 Å². The average Bonchev–Trinajstić information content (AvgIpc) is 3.69. The molecule has 6 rings (SSSR count). The van der Waals surface area contributed by atoms with Crippen molar-refractivity contribution in [3.05, 3.63) is 106 Å². The third kappa shape index (κ3) is 6.61. The molecule has 0 spiro atoms. The third-order valence-electron chi connectivity index (χ3n) is 9.68. The van der Waals surface area contributed by atoms with Gasteiger partial charge in [-0.3, -0.25) is 4.79 Å². The molecular weight excluding hydrogens is 649 g/mol. The second-order valence-corrected chi connectivity index (χ2v) is 16.3. The molecule has 1 saturated carbocycles. The Labute approximate surface area is 289 Å². The summed E-state index contributed by atoms with van der Waals surface area (Å²) in [6.45, 7) is 6.18. The molecule has 252 valence electrons. The lowest BCUT2D eigenvalue weighted by atomic mass is 9.78. The summed E-state index contributed by atoms with van der Waals surface area (Å²) >= 11 is 6.24. The van der Waals surface area contributed by atoms with Gasteiger partial charge in [0, 0.05) is 37.8 Å². The second kappa shape index (κ2) is 13.3. The normalized spacial score (nSPS) is 26.2. The molecule has 2 fully saturated rings. The zero-order valence-corrected chi connectivity index (χ0v) is 29.4. The van der Waals surface area contributed by atoms with Crippen LogP contribution in [0, 0.1) is 23.1 Å². The Hall–Kier alpha value is -3.75. The molecular formula is C37H41ClFN5O3S. The predicted molar refractivity (Wildman–Crippen MR) is 188 cm³/mol. The van der Waals surface area contributed by atoms with Crippen LogP contribution in [-0.4, -0.2) is 52.6 Å². The van der Waals surface area contributed by atoms with Gasteiger partial charge in [-0.1, -0.05) is 29.8 Å². The van der Waals surface area contributed by atoms with Crippen molar-refractivity contribution in [2.24, 2.45) is 5.92 Å². The summed E-state index contributed by atoms with van der Waals surface area (Å²) in [6.07, 6.45) is 2.28. The molecule has 0 radical (unpaired) electrons. The molecule has 11 heteroatoms. The number of nitrogens with one attached hydrogen (secondary N) is 2. The van der Waals surface area contributed by atoms with E-state index < -0.39 is 33.1 Å². The van der Waals surface area contributed by atoms with E-state index in [1.807, 2.05) is 64.2 Å². The van der Waals surface area contributed by atoms with Crippen molar-refractivity contribution in [1.29, 1.82) is 5.26 Å². The summed E-state index contributed by atoms with van der Waals surface area (Å²) in [7, 11) is 2.09. The highest BCUT2D eigenvalue weighted by Gasteiger charge is 2.47. The Morgan fingerprint density at radius 3 is 2.56 bits per heavy atom. The van der Waals surface area contributed by atoms with Crippen LogP contribution >= 0.6 is 11.6 Å². The first-order chi connectivity index (χ1) is 22.8. The van der Waals surface area contributed by atoms with Gasteiger partial charge in [0.05, 0.1) is 44.7 Å². The maximum atomic E-state index is 15.6. The largest absolute Gasteiger partial charge is 0.380 e. The van der Waals surface area contributed by atoms with Crippen LogP contribution in [0.1, 0.15) is 63.1 Å². The van der Waals surface area contributed by atoms with Crippen LogP contribution in [-0.2, 0) is 26.1 Å². The van der Waals surface area contributed by atoms with Gasteiger partial charge in [-0.15, -0.1) is 0 Å². The molecule has 0 aromatic heterocycles. The van der Waals surface area contributed by atoms with Crippen molar-refractivity contribution >= 4 is 39.9 Å². The van der Waals surface area contributed by atoms with E-state index in [0.29, 0.717) is 42.0 Å². The molecule has 2 N–H and O–H groups in total. The summed E-state index contributed by atoms with van der Waals surface area (Å²) in [6, 6.07) is 21.1. The Kier molecular flexibility index (Phi) is 9.44. The number of ether oxygens (including phenoxy) is 1. The highest BCUT2D eigenvalue weighted by atomic mass is 35.5. The SMILES string of the molecule is CO[C@@H]1C[C@@H]2C(=O)Nc3cc(ccc3F)C(N[S@@](=O)C(C)(C)C)(c3cccc(C#N)c3)CCC3C/C3=C(\N(C)c3ccc(Cl)cc3)N2C1. The number of methoxy groups -OCH3 is 1. The van der Waals surface area contributed by atoms with Gasteiger partial charge in [-0.2, -0.15) is 5.26 Å². The fraction of sp³-hybridized carbons (Fsp3) is 0.405. The van der Waals surface area contributed by atoms with Gasteiger partial charge in [0.2, 0.25) is 5.91 Å². The van der Waals surface area contributed by atoms with E-state index in [-0.39, 0.29) is 23.6 Å². The van der Waals surface area contributed by atoms with Crippen LogP contribution < -0.4 is 14.9 Å². The fourth-order valence-electron chi connectivity index (χ4n) is 6.87. The molecule has 2 heterocycles. The van der Waals surface area contributed by atoms with Crippen molar-refractivity contribution in [2.45, 2.75) is 68.9 Å². The number of hydrogen-bond acceptors (Lipinski definition) is 6. The van der Waals surface area contributed by atoms with E-state index >= 15 is 4.39 Å². The Bertz CT molecular complexity index is 1820. The minimum absolute atomic E-state index is 0.0344. The minimum Gasteiger partial charge on any atom is -0.380 e. The van der Waals surface area contributed by atoms with Gasteiger partial charge in [0.25, 0.3) is 0 Å². The first kappa shape index (κ1) is 34.1. The molecule has 3 aromatic carbocycles. The van der Waals surface area contributed by atoms with Crippen molar-refractivity contribution in [2.75, 3.05) is 30.9 Å². The molecule has 48 heavy (non-hydrogen) atoms. The fourth-order valence-corrected chi connectivity index (χ4v) is 7.96. The lowest BCUT2D eigenvalue weighted by Crippen LogP contribution is -2.49. The number of halogens is 2. The highest BCUT2D eigenvalue weighted by molar-refractivity contribution is 7.84. The minimum atomic E-state index is -1.55. The number of fused-ring (bicyclic) bond motifs is 4. The molecule has 1 amide bonds. The van der Waals surface area contributed by atoms with Gasteiger partial charge in [-0.25, -0.2) is 13.3 Å². The number of rotatable bonds is 6. The van der Waals surface area contributed by atoms with Gasteiger partial charge in [0.1, 0.15) is 17.7 Å². The zero-order chi connectivity index (χ0) is 34.4. The van der Waals surface area contributed by atoms with Crippen LogP contribution in [0.5, 0.6) is 0 Å². The van der Waals surface area contributed by atoms with E-state index in [9.17, 15) is 14.3 Å². The number of carbonyl (C=O) groups excluding carboxylic acids is 1. The molecule has 1 aliphatic carbocycles. The van der Waals surface area contributed by atoms with E-state index in [1.165, 1.54) is 11.6 Å². The molecule has 2 unspecified atom stereocenters. The first-order valence-electron chi connectivity index (χ1n) is 16.2. The molecule has 3 aliphatic rings. The number of nitrogens with zero attached hydrogens (tertiary/aromatic N) is 3. The van der Waals surface area contributed by atoms with Crippen LogP contribution in [0.25, 0.3) is 0 Å². The Morgan fingerprint density at radius 1 is 1.15 bits per heavy atom. The molecule has 8 nitrogen and oxygen atoms in total. The number of allylic oxidation sites excluding steroid dienone is 1. The zero-order valence-electron chi connectivity index (χ0n) is 27.8. The number of anilines is 2. The van der Waals surface area contributed by atoms with Crippen molar-refractivity contribution < 1.29 is 18.1 Å². The lowest BCUT2D eigenvalue weighted by molar-refractivity contribution is -0.119. The monoisotopic (exact) mass is 689 g/mol. The van der Waals surface area contributed by atoms with Crippen LogP contribution in [0.2, 0.25) is 5.02 Å². The molecule has 3 aromatic rings. The van der Waals surface area contributed by atoms with Gasteiger partial charge in [0.15, 0.2) is 0 Å². The lowest BCUT2D eigenvalue weighted by Gasteiger charge is -2.38. The van der Waals surface area contributed by atoms with Gasteiger partial charge in [-0.05, 0) is 111 Å². The second-order valence-electron chi connectivity index (χ2n) is 13.9. The Morgan fingerprint density at radius 2 is 1.88 bits per heavy atom. The van der Waals surface area contributed by atoms with Gasteiger partial charge < -0.3 is 19.9 Å². The number of hydrogen-bond donors (Lipinski definition) is 2. The topological polar surface area (TPSA) is 97.7 Å². The third-order valence-corrected chi connectivity index (χ3v) is 11.6. The molecule has 5 atom stereocenters. The number of nitriles is 1. The summed E-state index contributed by atoms with van der Waals surface area (Å²) < 4.78 is 38.2. The average molecular weight is 690 g/mol. The summed E-state index contributed by atoms with van der Waals surface area (Å²) in [5, 5.41) is 13.4.